The SMILES string of the molecule is CC(C)NC(=O)CCCCN(C)C(=O)OC(C)(C)C. The van der Waals surface area contributed by atoms with Crippen LogP contribution in [0.4, 0.5) is 4.79 Å². The molecule has 0 atom stereocenters. The Bertz CT molecular complexity index is 296. The number of hydrogen-bond acceptors (Lipinski definition) is 3. The molecule has 0 saturated heterocycles. The second-order valence-corrected chi connectivity index (χ2v) is 6.08. The van der Waals surface area contributed by atoms with Crippen molar-refractivity contribution < 1.29 is 14.3 Å². The van der Waals surface area contributed by atoms with E-state index in [4.69, 9.17) is 4.74 Å². The average molecular weight is 272 g/mol. The van der Waals surface area contributed by atoms with E-state index in [9.17, 15) is 9.59 Å². The number of carbonyl (C=O) groups excluding carboxylic acids is 2. The molecular formula is C14H28N2O3. The van der Waals surface area contributed by atoms with Crippen molar-refractivity contribution in [1.29, 1.82) is 0 Å². The fourth-order valence-electron chi connectivity index (χ4n) is 1.46. The Morgan fingerprint density at radius 2 is 1.79 bits per heavy atom. The van der Waals surface area contributed by atoms with Crippen molar-refractivity contribution in [2.45, 2.75) is 65.5 Å². The molecule has 112 valence electrons. The van der Waals surface area contributed by atoms with E-state index in [1.165, 1.54) is 0 Å². The van der Waals surface area contributed by atoms with Crippen molar-refractivity contribution in [2.24, 2.45) is 0 Å². The molecule has 0 heterocycles. The molecule has 2 amide bonds. The van der Waals surface area contributed by atoms with Gasteiger partial charge in [-0.3, -0.25) is 4.79 Å². The predicted octanol–water partition coefficient (Wildman–Crippen LogP) is 2.55. The Balaban J connectivity index is 3.77. The molecule has 0 saturated carbocycles. The maximum Gasteiger partial charge on any atom is 0.410 e. The minimum atomic E-state index is -0.470. The summed E-state index contributed by atoms with van der Waals surface area (Å²) in [5, 5.41) is 2.84. The monoisotopic (exact) mass is 272 g/mol. The smallest absolute Gasteiger partial charge is 0.410 e. The van der Waals surface area contributed by atoms with Gasteiger partial charge in [0.05, 0.1) is 0 Å². The van der Waals surface area contributed by atoms with Crippen molar-refractivity contribution >= 4 is 12.0 Å². The van der Waals surface area contributed by atoms with Crippen LogP contribution >= 0.6 is 0 Å². The molecule has 0 aliphatic rings. The van der Waals surface area contributed by atoms with Crippen LogP contribution in [0.5, 0.6) is 0 Å². The van der Waals surface area contributed by atoms with E-state index in [1.54, 1.807) is 11.9 Å². The quantitative estimate of drug-likeness (QED) is 0.756. The topological polar surface area (TPSA) is 58.6 Å². The van der Waals surface area contributed by atoms with Gasteiger partial charge >= 0.3 is 6.09 Å². The third-order valence-corrected chi connectivity index (χ3v) is 2.30. The van der Waals surface area contributed by atoms with Crippen LogP contribution in [0.2, 0.25) is 0 Å². The Morgan fingerprint density at radius 3 is 2.26 bits per heavy atom. The highest BCUT2D eigenvalue weighted by Gasteiger charge is 2.19. The number of carbonyl (C=O) groups is 2. The fourth-order valence-corrected chi connectivity index (χ4v) is 1.46. The van der Waals surface area contributed by atoms with Crippen LogP contribution in [0.1, 0.15) is 53.9 Å². The minimum absolute atomic E-state index is 0.0647. The van der Waals surface area contributed by atoms with Gasteiger partial charge in [-0.1, -0.05) is 0 Å². The number of hydrogen-bond donors (Lipinski definition) is 1. The summed E-state index contributed by atoms with van der Waals surface area (Å²) in [6, 6.07) is 0.178. The van der Waals surface area contributed by atoms with Crippen LogP contribution in [0.3, 0.4) is 0 Å². The summed E-state index contributed by atoms with van der Waals surface area (Å²) in [5.41, 5.74) is -0.470. The third kappa shape index (κ3) is 10.4. The van der Waals surface area contributed by atoms with Crippen LogP contribution in [0.25, 0.3) is 0 Å². The largest absolute Gasteiger partial charge is 0.444 e. The number of nitrogens with one attached hydrogen (secondary N) is 1. The van der Waals surface area contributed by atoms with E-state index in [0.717, 1.165) is 12.8 Å². The van der Waals surface area contributed by atoms with E-state index in [1.807, 2.05) is 34.6 Å². The van der Waals surface area contributed by atoms with E-state index in [-0.39, 0.29) is 18.0 Å². The summed E-state index contributed by atoms with van der Waals surface area (Å²) < 4.78 is 5.24. The molecule has 0 unspecified atom stereocenters. The second kappa shape index (κ2) is 8.02. The highest BCUT2D eigenvalue weighted by molar-refractivity contribution is 5.76. The highest BCUT2D eigenvalue weighted by atomic mass is 16.6. The van der Waals surface area contributed by atoms with E-state index < -0.39 is 5.60 Å². The maximum atomic E-state index is 11.7. The Kier molecular flexibility index (Phi) is 7.49. The zero-order valence-electron chi connectivity index (χ0n) is 13.1. The van der Waals surface area contributed by atoms with E-state index in [0.29, 0.717) is 13.0 Å². The van der Waals surface area contributed by atoms with Gasteiger partial charge in [0.25, 0.3) is 0 Å². The van der Waals surface area contributed by atoms with Gasteiger partial charge in [-0.2, -0.15) is 0 Å². The lowest BCUT2D eigenvalue weighted by Gasteiger charge is -2.24. The zero-order valence-corrected chi connectivity index (χ0v) is 13.1. The van der Waals surface area contributed by atoms with Gasteiger partial charge in [0, 0.05) is 26.1 Å². The summed E-state index contributed by atoms with van der Waals surface area (Å²) in [7, 11) is 1.71. The number of amides is 2. The van der Waals surface area contributed by atoms with Gasteiger partial charge in [-0.25, -0.2) is 4.79 Å². The van der Waals surface area contributed by atoms with Gasteiger partial charge in [-0.15, -0.1) is 0 Å². The molecule has 0 rings (SSSR count). The first kappa shape index (κ1) is 17.7. The number of nitrogens with zero attached hydrogens (tertiary/aromatic N) is 1. The van der Waals surface area contributed by atoms with Crippen molar-refractivity contribution in [2.75, 3.05) is 13.6 Å². The highest BCUT2D eigenvalue weighted by Crippen LogP contribution is 2.09. The van der Waals surface area contributed by atoms with Crippen LogP contribution in [-0.2, 0) is 9.53 Å². The normalized spacial score (nSPS) is 11.3. The molecule has 0 aliphatic carbocycles. The van der Waals surface area contributed by atoms with Crippen LogP contribution < -0.4 is 5.32 Å². The maximum absolute atomic E-state index is 11.7. The number of rotatable bonds is 6. The molecule has 1 N–H and O–H groups in total. The molecule has 0 aromatic carbocycles. The zero-order chi connectivity index (χ0) is 15.1. The lowest BCUT2D eigenvalue weighted by atomic mass is 10.2. The van der Waals surface area contributed by atoms with Gasteiger partial charge in [0.2, 0.25) is 5.91 Å². The summed E-state index contributed by atoms with van der Waals surface area (Å²) in [6.07, 6.45) is 1.74. The molecule has 19 heavy (non-hydrogen) atoms. The Hall–Kier alpha value is -1.26. The van der Waals surface area contributed by atoms with Crippen molar-refractivity contribution in [3.05, 3.63) is 0 Å². The lowest BCUT2D eigenvalue weighted by molar-refractivity contribution is -0.121. The lowest BCUT2D eigenvalue weighted by Crippen LogP contribution is -2.35. The Labute approximate surface area is 116 Å². The van der Waals surface area contributed by atoms with Crippen molar-refractivity contribution in [3.8, 4) is 0 Å². The molecule has 0 aromatic heterocycles. The molecule has 0 spiro atoms. The first-order valence-electron chi connectivity index (χ1n) is 6.85. The molecule has 0 bridgehead atoms. The molecule has 0 aromatic rings. The molecule has 0 fully saturated rings. The minimum Gasteiger partial charge on any atom is -0.444 e. The summed E-state index contributed by atoms with van der Waals surface area (Å²) in [6.45, 7) is 10.0. The van der Waals surface area contributed by atoms with E-state index in [2.05, 4.69) is 5.32 Å². The van der Waals surface area contributed by atoms with Gasteiger partial charge in [0.1, 0.15) is 5.60 Å². The van der Waals surface area contributed by atoms with Crippen LogP contribution in [0, 0.1) is 0 Å². The average Bonchev–Trinajstić information content (AvgIpc) is 2.20. The third-order valence-electron chi connectivity index (χ3n) is 2.30. The number of ether oxygens (including phenoxy) is 1. The molecule has 5 heteroatoms. The van der Waals surface area contributed by atoms with Crippen molar-refractivity contribution in [3.63, 3.8) is 0 Å². The Morgan fingerprint density at radius 1 is 1.21 bits per heavy atom. The standard InChI is InChI=1S/C14H28N2O3/c1-11(2)15-12(17)9-7-8-10-16(6)13(18)19-14(3,4)5/h11H,7-10H2,1-6H3,(H,15,17). The predicted molar refractivity (Wildman–Crippen MR) is 76.0 cm³/mol. The first-order chi connectivity index (χ1) is 8.61. The van der Waals surface area contributed by atoms with Crippen LogP contribution in [-0.4, -0.2) is 42.1 Å². The van der Waals surface area contributed by atoms with Gasteiger partial charge < -0.3 is 15.0 Å². The summed E-state index contributed by atoms with van der Waals surface area (Å²) >= 11 is 0. The van der Waals surface area contributed by atoms with Gasteiger partial charge in [-0.05, 0) is 47.5 Å². The molecule has 0 aliphatic heterocycles. The van der Waals surface area contributed by atoms with Gasteiger partial charge in [0.15, 0.2) is 0 Å². The molecule has 5 nitrogen and oxygen atoms in total. The first-order valence-corrected chi connectivity index (χ1v) is 6.85. The van der Waals surface area contributed by atoms with Crippen molar-refractivity contribution in [1.82, 2.24) is 10.2 Å². The summed E-state index contributed by atoms with van der Waals surface area (Å²) in [5.74, 6) is 0.0647. The molecule has 0 radical (unpaired) electrons. The molecular weight excluding hydrogens is 244 g/mol. The fraction of sp³-hybridized carbons (Fsp3) is 0.857. The van der Waals surface area contributed by atoms with Crippen LogP contribution in [0.15, 0.2) is 0 Å². The number of unbranched alkanes of at least 4 members (excludes halogenated alkanes) is 1. The van der Waals surface area contributed by atoms with E-state index >= 15 is 0 Å². The summed E-state index contributed by atoms with van der Waals surface area (Å²) in [4.78, 5) is 24.6. The second-order valence-electron chi connectivity index (χ2n) is 6.08.